The Morgan fingerprint density at radius 3 is 2.65 bits per heavy atom. The van der Waals surface area contributed by atoms with Crippen molar-refractivity contribution < 1.29 is 19.2 Å². The van der Waals surface area contributed by atoms with Gasteiger partial charge in [0.1, 0.15) is 0 Å². The quantitative estimate of drug-likeness (QED) is 0.390. The van der Waals surface area contributed by atoms with E-state index in [1.165, 1.54) is 18.2 Å². The molecule has 0 amide bonds. The molecule has 2 aromatic rings. The number of nitro benzene ring substituents is 1. The third kappa shape index (κ3) is 4.23. The standard InChI is InChI=1S/C18H21ClN2O5/c1-11-7-15(13(3)20(11)12(2)9-25-4)17(22)10-26-18-6-5-14(19)8-16(18)21(23)24/h5-8,12H,9-10H2,1-4H3. The van der Waals surface area contributed by atoms with Crippen molar-refractivity contribution in [3.63, 3.8) is 0 Å². The Kier molecular flexibility index (Phi) is 6.39. The lowest BCUT2D eigenvalue weighted by Gasteiger charge is -2.17. The van der Waals surface area contributed by atoms with Gasteiger partial charge >= 0.3 is 5.69 Å². The molecule has 1 heterocycles. The zero-order valence-electron chi connectivity index (χ0n) is 15.1. The minimum absolute atomic E-state index is 0.00862. The largest absolute Gasteiger partial charge is 0.478 e. The summed E-state index contributed by atoms with van der Waals surface area (Å²) in [6.07, 6.45) is 0. The molecule has 0 bridgehead atoms. The summed E-state index contributed by atoms with van der Waals surface area (Å²) in [7, 11) is 1.63. The average Bonchev–Trinajstić information content (AvgIpc) is 2.88. The number of ether oxygens (including phenoxy) is 2. The van der Waals surface area contributed by atoms with Crippen LogP contribution >= 0.6 is 11.6 Å². The highest BCUT2D eigenvalue weighted by Crippen LogP contribution is 2.30. The maximum Gasteiger partial charge on any atom is 0.312 e. The molecule has 0 N–H and O–H groups in total. The van der Waals surface area contributed by atoms with Crippen molar-refractivity contribution in [3.8, 4) is 5.75 Å². The molecule has 8 heteroatoms. The maximum atomic E-state index is 12.6. The molecule has 1 aromatic carbocycles. The van der Waals surface area contributed by atoms with Crippen LogP contribution in [-0.2, 0) is 4.74 Å². The number of carbonyl (C=O) groups excluding carboxylic acids is 1. The van der Waals surface area contributed by atoms with Gasteiger partial charge in [-0.1, -0.05) is 11.6 Å². The summed E-state index contributed by atoms with van der Waals surface area (Å²) < 4.78 is 12.6. The number of benzene rings is 1. The van der Waals surface area contributed by atoms with Crippen molar-refractivity contribution in [2.24, 2.45) is 0 Å². The zero-order valence-corrected chi connectivity index (χ0v) is 15.9. The van der Waals surface area contributed by atoms with Gasteiger partial charge in [-0.2, -0.15) is 0 Å². The fourth-order valence-corrected chi connectivity index (χ4v) is 3.20. The zero-order chi connectivity index (χ0) is 19.4. The number of carbonyl (C=O) groups is 1. The number of aryl methyl sites for hydroxylation is 1. The molecule has 0 saturated carbocycles. The SMILES string of the molecule is COCC(C)n1c(C)cc(C(=O)COc2ccc(Cl)cc2[N+](=O)[O-])c1C. The van der Waals surface area contributed by atoms with E-state index >= 15 is 0 Å². The number of aromatic nitrogens is 1. The van der Waals surface area contributed by atoms with Crippen LogP contribution in [0.5, 0.6) is 5.75 Å². The van der Waals surface area contributed by atoms with Gasteiger partial charge in [0.05, 0.1) is 17.6 Å². The second kappa shape index (κ2) is 8.33. The molecule has 1 unspecified atom stereocenters. The summed E-state index contributed by atoms with van der Waals surface area (Å²) in [4.78, 5) is 23.1. The van der Waals surface area contributed by atoms with Crippen LogP contribution in [0.4, 0.5) is 5.69 Å². The van der Waals surface area contributed by atoms with Crippen LogP contribution in [0.1, 0.15) is 34.7 Å². The summed E-state index contributed by atoms with van der Waals surface area (Å²) in [5.41, 5.74) is 2.01. The fourth-order valence-electron chi connectivity index (χ4n) is 3.03. The molecule has 1 atom stereocenters. The number of halogens is 1. The molecule has 0 fully saturated rings. The summed E-state index contributed by atoms with van der Waals surface area (Å²) in [5, 5.41) is 11.3. The van der Waals surface area contributed by atoms with Gasteiger partial charge in [0.25, 0.3) is 0 Å². The lowest BCUT2D eigenvalue weighted by Crippen LogP contribution is -2.16. The highest BCUT2D eigenvalue weighted by atomic mass is 35.5. The first-order chi connectivity index (χ1) is 12.3. The molecule has 7 nitrogen and oxygen atoms in total. The summed E-state index contributed by atoms with van der Waals surface area (Å²) in [5.74, 6) is -0.243. The highest BCUT2D eigenvalue weighted by molar-refractivity contribution is 6.30. The second-order valence-corrected chi connectivity index (χ2v) is 6.48. The number of Topliss-reactive ketones (excluding diaryl/α,β-unsaturated/α-hetero) is 1. The monoisotopic (exact) mass is 380 g/mol. The Balaban J connectivity index is 2.19. The van der Waals surface area contributed by atoms with E-state index in [-0.39, 0.29) is 34.9 Å². The Morgan fingerprint density at radius 1 is 1.35 bits per heavy atom. The predicted octanol–water partition coefficient (Wildman–Crippen LogP) is 4.14. The fraction of sp³-hybridized carbons (Fsp3) is 0.389. The molecule has 0 saturated heterocycles. The average molecular weight is 381 g/mol. The van der Waals surface area contributed by atoms with Crippen LogP contribution in [0, 0.1) is 24.0 Å². The Bertz CT molecular complexity index is 831. The van der Waals surface area contributed by atoms with Crippen molar-refractivity contribution in [1.82, 2.24) is 4.57 Å². The molecule has 26 heavy (non-hydrogen) atoms. The van der Waals surface area contributed by atoms with E-state index in [1.807, 2.05) is 25.3 Å². The van der Waals surface area contributed by atoms with Gasteiger partial charge in [-0.15, -0.1) is 0 Å². The molecule has 1 aromatic heterocycles. The Labute approximate surface area is 156 Å². The molecule has 0 aliphatic carbocycles. The molecular weight excluding hydrogens is 360 g/mol. The van der Waals surface area contributed by atoms with Crippen molar-refractivity contribution >= 4 is 23.1 Å². The topological polar surface area (TPSA) is 83.6 Å². The van der Waals surface area contributed by atoms with E-state index in [2.05, 4.69) is 0 Å². The number of rotatable bonds is 8. The smallest absolute Gasteiger partial charge is 0.312 e. The summed E-state index contributed by atoms with van der Waals surface area (Å²) in [6.45, 7) is 6.01. The predicted molar refractivity (Wildman–Crippen MR) is 98.4 cm³/mol. The first kappa shape index (κ1) is 19.9. The molecule has 2 rings (SSSR count). The van der Waals surface area contributed by atoms with E-state index in [0.717, 1.165) is 11.4 Å². The minimum atomic E-state index is -0.593. The van der Waals surface area contributed by atoms with Crippen molar-refractivity contribution in [3.05, 3.63) is 56.4 Å². The van der Waals surface area contributed by atoms with Crippen LogP contribution in [0.25, 0.3) is 0 Å². The van der Waals surface area contributed by atoms with Gasteiger partial charge in [-0.05, 0) is 39.0 Å². The number of hydrogen-bond donors (Lipinski definition) is 0. The normalized spacial score (nSPS) is 12.0. The van der Waals surface area contributed by atoms with Crippen LogP contribution in [0.15, 0.2) is 24.3 Å². The molecule has 0 spiro atoms. The molecular formula is C18H21ClN2O5. The third-order valence-corrected chi connectivity index (χ3v) is 4.34. The van der Waals surface area contributed by atoms with Crippen molar-refractivity contribution in [2.75, 3.05) is 20.3 Å². The number of hydrogen-bond acceptors (Lipinski definition) is 5. The number of nitro groups is 1. The number of nitrogens with zero attached hydrogens (tertiary/aromatic N) is 2. The molecule has 140 valence electrons. The summed E-state index contributed by atoms with van der Waals surface area (Å²) in [6, 6.07) is 5.94. The minimum Gasteiger partial charge on any atom is -0.478 e. The van der Waals surface area contributed by atoms with Gasteiger partial charge < -0.3 is 14.0 Å². The Hall–Kier alpha value is -2.38. The van der Waals surface area contributed by atoms with Gasteiger partial charge in [-0.3, -0.25) is 14.9 Å². The maximum absolute atomic E-state index is 12.6. The van der Waals surface area contributed by atoms with E-state index in [4.69, 9.17) is 21.1 Å². The summed E-state index contributed by atoms with van der Waals surface area (Å²) >= 11 is 5.78. The highest BCUT2D eigenvalue weighted by Gasteiger charge is 2.21. The molecule has 0 aliphatic heterocycles. The van der Waals surface area contributed by atoms with E-state index in [9.17, 15) is 14.9 Å². The molecule has 0 aliphatic rings. The van der Waals surface area contributed by atoms with E-state index in [0.29, 0.717) is 12.2 Å². The van der Waals surface area contributed by atoms with E-state index in [1.54, 1.807) is 13.2 Å². The van der Waals surface area contributed by atoms with Crippen LogP contribution in [0.3, 0.4) is 0 Å². The lowest BCUT2D eigenvalue weighted by molar-refractivity contribution is -0.385. The number of methoxy groups -OCH3 is 1. The van der Waals surface area contributed by atoms with Gasteiger partial charge in [0, 0.05) is 35.2 Å². The van der Waals surface area contributed by atoms with Gasteiger partial charge in [-0.25, -0.2) is 0 Å². The van der Waals surface area contributed by atoms with Crippen molar-refractivity contribution in [1.29, 1.82) is 0 Å². The molecule has 0 radical (unpaired) electrons. The lowest BCUT2D eigenvalue weighted by atomic mass is 10.1. The first-order valence-corrected chi connectivity index (χ1v) is 8.41. The number of ketones is 1. The third-order valence-electron chi connectivity index (χ3n) is 4.11. The van der Waals surface area contributed by atoms with Gasteiger partial charge in [0.15, 0.2) is 12.4 Å². The van der Waals surface area contributed by atoms with Crippen LogP contribution < -0.4 is 4.74 Å². The second-order valence-electron chi connectivity index (χ2n) is 6.04. The van der Waals surface area contributed by atoms with Gasteiger partial charge in [0.2, 0.25) is 5.78 Å². The van der Waals surface area contributed by atoms with E-state index < -0.39 is 4.92 Å². The Morgan fingerprint density at radius 2 is 2.04 bits per heavy atom. The first-order valence-electron chi connectivity index (χ1n) is 8.03. The van der Waals surface area contributed by atoms with Crippen molar-refractivity contribution in [2.45, 2.75) is 26.8 Å². The van der Waals surface area contributed by atoms with Crippen LogP contribution in [-0.4, -0.2) is 35.6 Å². The van der Waals surface area contributed by atoms with Crippen LogP contribution in [0.2, 0.25) is 5.02 Å².